The molecular weight excluding hydrogens is 134 g/mol. The Morgan fingerprint density at radius 1 is 1.27 bits per heavy atom. The van der Waals surface area contributed by atoms with Crippen LogP contribution in [0.4, 0.5) is 0 Å². The maximum absolute atomic E-state index is 2.52. The summed E-state index contributed by atoms with van der Waals surface area (Å²) in [6.45, 7) is 8.16. The lowest BCUT2D eigenvalue weighted by atomic mass is 9.89. The van der Waals surface area contributed by atoms with Crippen molar-refractivity contribution in [3.63, 3.8) is 0 Å². The minimum atomic E-state index is 0.463. The predicted octanol–water partition coefficient (Wildman–Crippen LogP) is 2.52. The Hall–Kier alpha value is -0.0400. The van der Waals surface area contributed by atoms with Crippen LogP contribution >= 0.6 is 0 Å². The number of rotatable bonds is 2. The van der Waals surface area contributed by atoms with Crippen molar-refractivity contribution in [2.75, 3.05) is 13.6 Å². The maximum Gasteiger partial charge on any atom is 0.00924 e. The summed E-state index contributed by atoms with van der Waals surface area (Å²) >= 11 is 0. The Morgan fingerprint density at radius 2 is 1.82 bits per heavy atom. The molecule has 0 amide bonds. The molecule has 1 fully saturated rings. The lowest BCUT2D eigenvalue weighted by Gasteiger charge is -2.38. The minimum absolute atomic E-state index is 0.463. The van der Waals surface area contributed by atoms with E-state index in [4.69, 9.17) is 0 Å². The van der Waals surface area contributed by atoms with E-state index in [0.29, 0.717) is 5.41 Å². The summed E-state index contributed by atoms with van der Waals surface area (Å²) in [6, 6.07) is 0.897. The van der Waals surface area contributed by atoms with E-state index in [1.54, 1.807) is 0 Å². The van der Waals surface area contributed by atoms with Crippen molar-refractivity contribution in [3.05, 3.63) is 0 Å². The Morgan fingerprint density at radius 3 is 2.09 bits per heavy atom. The first-order valence-electron chi connectivity index (χ1n) is 4.69. The Balaban J connectivity index is 2.24. The molecule has 1 rings (SSSR count). The minimum Gasteiger partial charge on any atom is -0.303 e. The third kappa shape index (κ3) is 2.82. The first-order chi connectivity index (χ1) is 4.99. The van der Waals surface area contributed by atoms with Crippen LogP contribution in [0.15, 0.2) is 0 Å². The van der Waals surface area contributed by atoms with Gasteiger partial charge in [0, 0.05) is 12.6 Å². The zero-order valence-corrected chi connectivity index (χ0v) is 8.35. The molecule has 0 aromatic heterocycles. The van der Waals surface area contributed by atoms with Crippen LogP contribution in [-0.2, 0) is 0 Å². The van der Waals surface area contributed by atoms with Crippen molar-refractivity contribution in [1.29, 1.82) is 0 Å². The molecule has 0 spiro atoms. The van der Waals surface area contributed by atoms with Gasteiger partial charge < -0.3 is 4.90 Å². The molecule has 1 saturated carbocycles. The molecule has 1 nitrogen and oxygen atoms in total. The summed E-state index contributed by atoms with van der Waals surface area (Å²) in [4.78, 5) is 2.52. The van der Waals surface area contributed by atoms with Crippen LogP contribution < -0.4 is 0 Å². The van der Waals surface area contributed by atoms with Crippen LogP contribution in [0.5, 0.6) is 0 Å². The molecule has 0 saturated heterocycles. The molecule has 1 aliphatic rings. The fourth-order valence-electron chi connectivity index (χ4n) is 1.70. The Labute approximate surface area is 70.8 Å². The molecular formula is C10H21N. The van der Waals surface area contributed by atoms with Crippen LogP contribution in [0.1, 0.15) is 40.0 Å². The molecule has 0 heterocycles. The molecule has 0 aromatic carbocycles. The van der Waals surface area contributed by atoms with Crippen LogP contribution in [0, 0.1) is 5.41 Å². The van der Waals surface area contributed by atoms with E-state index in [2.05, 4.69) is 32.7 Å². The second-order valence-electron chi connectivity index (χ2n) is 5.06. The highest BCUT2D eigenvalue weighted by molar-refractivity contribution is 4.80. The maximum atomic E-state index is 2.52. The zero-order valence-electron chi connectivity index (χ0n) is 8.35. The summed E-state index contributed by atoms with van der Waals surface area (Å²) in [5.41, 5.74) is 0.463. The average Bonchev–Trinajstić information content (AvgIpc) is 1.50. The second kappa shape index (κ2) is 3.14. The average molecular weight is 155 g/mol. The molecule has 11 heavy (non-hydrogen) atoms. The van der Waals surface area contributed by atoms with Gasteiger partial charge in [-0.2, -0.15) is 0 Å². The highest BCUT2D eigenvalue weighted by Crippen LogP contribution is 2.26. The van der Waals surface area contributed by atoms with E-state index in [0.717, 1.165) is 6.04 Å². The summed E-state index contributed by atoms with van der Waals surface area (Å²) in [5.74, 6) is 0. The summed E-state index contributed by atoms with van der Waals surface area (Å²) < 4.78 is 0. The molecule has 0 atom stereocenters. The van der Waals surface area contributed by atoms with E-state index >= 15 is 0 Å². The monoisotopic (exact) mass is 155 g/mol. The normalized spacial score (nSPS) is 20.5. The molecule has 66 valence electrons. The van der Waals surface area contributed by atoms with Gasteiger partial charge in [-0.05, 0) is 25.3 Å². The van der Waals surface area contributed by atoms with Gasteiger partial charge in [-0.15, -0.1) is 0 Å². The molecule has 0 aromatic rings. The van der Waals surface area contributed by atoms with E-state index in [1.807, 2.05) is 0 Å². The Bertz CT molecular complexity index is 119. The topological polar surface area (TPSA) is 3.24 Å². The molecule has 0 bridgehead atoms. The van der Waals surface area contributed by atoms with E-state index in [-0.39, 0.29) is 0 Å². The van der Waals surface area contributed by atoms with Crippen molar-refractivity contribution in [1.82, 2.24) is 4.90 Å². The first-order valence-corrected chi connectivity index (χ1v) is 4.69. The van der Waals surface area contributed by atoms with Gasteiger partial charge in [-0.1, -0.05) is 27.2 Å². The van der Waals surface area contributed by atoms with Gasteiger partial charge in [0.25, 0.3) is 0 Å². The van der Waals surface area contributed by atoms with Gasteiger partial charge in [0.1, 0.15) is 0 Å². The van der Waals surface area contributed by atoms with Gasteiger partial charge in [-0.25, -0.2) is 0 Å². The molecule has 0 radical (unpaired) electrons. The van der Waals surface area contributed by atoms with Crippen molar-refractivity contribution < 1.29 is 0 Å². The number of hydrogen-bond donors (Lipinski definition) is 0. The van der Waals surface area contributed by atoms with Crippen molar-refractivity contribution in [3.8, 4) is 0 Å². The van der Waals surface area contributed by atoms with Crippen LogP contribution in [0.2, 0.25) is 0 Å². The van der Waals surface area contributed by atoms with Gasteiger partial charge in [-0.3, -0.25) is 0 Å². The highest BCUT2D eigenvalue weighted by atomic mass is 15.1. The fourth-order valence-corrected chi connectivity index (χ4v) is 1.70. The molecule has 1 aliphatic carbocycles. The molecule has 0 aliphatic heterocycles. The molecule has 0 N–H and O–H groups in total. The van der Waals surface area contributed by atoms with E-state index in [9.17, 15) is 0 Å². The lowest BCUT2D eigenvalue weighted by Crippen LogP contribution is -2.41. The highest BCUT2D eigenvalue weighted by Gasteiger charge is 2.24. The second-order valence-corrected chi connectivity index (χ2v) is 5.06. The first kappa shape index (κ1) is 9.05. The van der Waals surface area contributed by atoms with Gasteiger partial charge in [0.05, 0.1) is 0 Å². The van der Waals surface area contributed by atoms with Gasteiger partial charge >= 0.3 is 0 Å². The van der Waals surface area contributed by atoms with E-state index < -0.39 is 0 Å². The fraction of sp³-hybridized carbons (Fsp3) is 1.00. The van der Waals surface area contributed by atoms with Crippen LogP contribution in [-0.4, -0.2) is 24.5 Å². The van der Waals surface area contributed by atoms with Crippen molar-refractivity contribution in [2.24, 2.45) is 5.41 Å². The largest absolute Gasteiger partial charge is 0.303 e. The molecule has 1 heteroatoms. The molecule has 0 unspecified atom stereocenters. The van der Waals surface area contributed by atoms with Crippen molar-refractivity contribution in [2.45, 2.75) is 46.1 Å². The summed E-state index contributed by atoms with van der Waals surface area (Å²) in [7, 11) is 2.26. The Kier molecular flexibility index (Phi) is 2.58. The van der Waals surface area contributed by atoms with Crippen LogP contribution in [0.25, 0.3) is 0 Å². The third-order valence-electron chi connectivity index (χ3n) is 2.42. The summed E-state index contributed by atoms with van der Waals surface area (Å²) in [6.07, 6.45) is 4.29. The quantitative estimate of drug-likeness (QED) is 0.592. The number of nitrogens with zero attached hydrogens (tertiary/aromatic N) is 1. The summed E-state index contributed by atoms with van der Waals surface area (Å²) in [5, 5.41) is 0. The van der Waals surface area contributed by atoms with Gasteiger partial charge in [0.15, 0.2) is 0 Å². The number of hydrogen-bond acceptors (Lipinski definition) is 1. The van der Waals surface area contributed by atoms with Crippen LogP contribution in [0.3, 0.4) is 0 Å². The SMILES string of the molecule is CN(CC(C)(C)C)C1CCC1. The van der Waals surface area contributed by atoms with E-state index in [1.165, 1.54) is 25.8 Å². The standard InChI is InChI=1S/C10H21N/c1-10(2,3)8-11(4)9-6-5-7-9/h9H,5-8H2,1-4H3. The zero-order chi connectivity index (χ0) is 8.48. The van der Waals surface area contributed by atoms with Gasteiger partial charge in [0.2, 0.25) is 0 Å². The predicted molar refractivity (Wildman–Crippen MR) is 49.7 cm³/mol. The third-order valence-corrected chi connectivity index (χ3v) is 2.42. The van der Waals surface area contributed by atoms with Crippen molar-refractivity contribution >= 4 is 0 Å². The smallest absolute Gasteiger partial charge is 0.00924 e. The lowest BCUT2D eigenvalue weighted by molar-refractivity contribution is 0.117.